The fourth-order valence-electron chi connectivity index (χ4n) is 2.48. The molecule has 0 atom stereocenters. The van der Waals surface area contributed by atoms with Gasteiger partial charge in [0.2, 0.25) is 0 Å². The summed E-state index contributed by atoms with van der Waals surface area (Å²) in [5.41, 5.74) is 3.05. The van der Waals surface area contributed by atoms with Crippen LogP contribution in [0.15, 0.2) is 52.6 Å². The first-order chi connectivity index (χ1) is 10.2. The largest absolute Gasteiger partial charge is 0.456 e. The molecule has 2 aromatic carbocycles. The molecule has 102 valence electrons. The molecule has 2 heterocycles. The third kappa shape index (κ3) is 1.98. The van der Waals surface area contributed by atoms with Crippen LogP contribution >= 0.6 is 12.2 Å². The van der Waals surface area contributed by atoms with Crippen molar-refractivity contribution in [2.75, 3.05) is 0 Å². The predicted octanol–water partition coefficient (Wildman–Crippen LogP) is 2.93. The molecule has 1 aliphatic rings. The Bertz CT molecular complexity index is 940. The molecule has 3 aromatic rings. The van der Waals surface area contributed by atoms with Gasteiger partial charge in [-0.3, -0.25) is 10.1 Å². The van der Waals surface area contributed by atoms with Crippen LogP contribution in [0.5, 0.6) is 0 Å². The molecule has 0 aliphatic carbocycles. The fourth-order valence-corrected chi connectivity index (χ4v) is 2.69. The molecule has 2 N–H and O–H groups in total. The SMILES string of the molecule is O=C1NC(=S)NC1=Cc1ccc2oc3ccccc3c2c1. The minimum Gasteiger partial charge on any atom is -0.456 e. The number of rotatable bonds is 1. The summed E-state index contributed by atoms with van der Waals surface area (Å²) in [5, 5.41) is 7.81. The number of furan rings is 1. The van der Waals surface area contributed by atoms with E-state index >= 15 is 0 Å². The highest BCUT2D eigenvalue weighted by atomic mass is 32.1. The van der Waals surface area contributed by atoms with Crippen molar-refractivity contribution >= 4 is 51.3 Å². The number of hydrogen-bond donors (Lipinski definition) is 2. The number of hydrogen-bond acceptors (Lipinski definition) is 3. The van der Waals surface area contributed by atoms with Crippen LogP contribution in [0.2, 0.25) is 0 Å². The summed E-state index contributed by atoms with van der Waals surface area (Å²) in [6, 6.07) is 13.7. The summed E-state index contributed by atoms with van der Waals surface area (Å²) in [5.74, 6) is -0.211. The molecule has 5 heteroatoms. The zero-order valence-electron chi connectivity index (χ0n) is 10.8. The number of amides is 1. The van der Waals surface area contributed by atoms with Crippen LogP contribution in [-0.4, -0.2) is 11.0 Å². The molecule has 0 spiro atoms. The lowest BCUT2D eigenvalue weighted by Gasteiger charge is -1.97. The maximum atomic E-state index is 11.7. The van der Waals surface area contributed by atoms with Gasteiger partial charge in [0.05, 0.1) is 0 Å². The van der Waals surface area contributed by atoms with E-state index in [9.17, 15) is 4.79 Å². The van der Waals surface area contributed by atoms with Gasteiger partial charge >= 0.3 is 0 Å². The first-order valence-corrected chi connectivity index (χ1v) is 6.87. The van der Waals surface area contributed by atoms with Gasteiger partial charge in [0.1, 0.15) is 16.9 Å². The third-order valence-corrected chi connectivity index (χ3v) is 3.64. The Morgan fingerprint density at radius 2 is 1.81 bits per heavy atom. The Hall–Kier alpha value is -2.66. The van der Waals surface area contributed by atoms with Crippen molar-refractivity contribution < 1.29 is 9.21 Å². The number of carbonyl (C=O) groups excluding carboxylic acids is 1. The molecule has 0 radical (unpaired) electrons. The van der Waals surface area contributed by atoms with Crippen molar-refractivity contribution in [1.29, 1.82) is 0 Å². The smallest absolute Gasteiger partial charge is 0.273 e. The number of nitrogens with one attached hydrogen (secondary N) is 2. The van der Waals surface area contributed by atoms with Crippen LogP contribution in [0, 0.1) is 0 Å². The molecule has 1 aromatic heterocycles. The van der Waals surface area contributed by atoms with E-state index < -0.39 is 0 Å². The second-order valence-corrected chi connectivity index (χ2v) is 5.23. The quantitative estimate of drug-likeness (QED) is 0.535. The average Bonchev–Trinajstić information content (AvgIpc) is 2.99. The Morgan fingerprint density at radius 3 is 2.62 bits per heavy atom. The lowest BCUT2D eigenvalue weighted by Crippen LogP contribution is -2.21. The summed E-state index contributed by atoms with van der Waals surface area (Å²) >= 11 is 4.92. The van der Waals surface area contributed by atoms with Crippen LogP contribution in [0.3, 0.4) is 0 Å². The predicted molar refractivity (Wildman–Crippen MR) is 85.6 cm³/mol. The maximum absolute atomic E-state index is 11.7. The zero-order chi connectivity index (χ0) is 14.4. The molecular formula is C16H10N2O2S. The van der Waals surface area contributed by atoms with E-state index in [1.54, 1.807) is 6.08 Å². The first kappa shape index (κ1) is 12.1. The van der Waals surface area contributed by atoms with Crippen LogP contribution in [0.4, 0.5) is 0 Å². The molecule has 1 aliphatic heterocycles. The van der Waals surface area contributed by atoms with Crippen molar-refractivity contribution in [2.45, 2.75) is 0 Å². The van der Waals surface area contributed by atoms with Crippen molar-refractivity contribution in [2.24, 2.45) is 0 Å². The normalized spacial score (nSPS) is 16.7. The summed E-state index contributed by atoms with van der Waals surface area (Å²) in [4.78, 5) is 11.7. The Morgan fingerprint density at radius 1 is 1.00 bits per heavy atom. The molecule has 21 heavy (non-hydrogen) atoms. The maximum Gasteiger partial charge on any atom is 0.273 e. The second-order valence-electron chi connectivity index (χ2n) is 4.82. The minimum atomic E-state index is -0.211. The molecule has 4 rings (SSSR count). The Labute approximate surface area is 125 Å². The number of benzene rings is 2. The van der Waals surface area contributed by atoms with Crippen molar-refractivity contribution in [1.82, 2.24) is 10.6 Å². The minimum absolute atomic E-state index is 0.211. The van der Waals surface area contributed by atoms with E-state index in [2.05, 4.69) is 10.6 Å². The Balaban J connectivity index is 1.87. The molecule has 0 unspecified atom stereocenters. The summed E-state index contributed by atoms with van der Waals surface area (Å²) in [7, 11) is 0. The molecule has 0 saturated carbocycles. The molecule has 1 amide bonds. The van der Waals surface area contributed by atoms with Gasteiger partial charge in [0.25, 0.3) is 5.91 Å². The standard InChI is InChI=1S/C16H10N2O2S/c19-15-12(17-16(21)18-15)8-9-5-6-14-11(7-9)10-3-1-2-4-13(10)20-14/h1-8H,(H2,17,18,19,21). The van der Waals surface area contributed by atoms with E-state index in [1.807, 2.05) is 42.5 Å². The van der Waals surface area contributed by atoms with Gasteiger partial charge in [-0.05, 0) is 42.1 Å². The van der Waals surface area contributed by atoms with Gasteiger partial charge in [0, 0.05) is 10.8 Å². The van der Waals surface area contributed by atoms with E-state index in [0.29, 0.717) is 10.8 Å². The average molecular weight is 294 g/mol. The molecule has 4 nitrogen and oxygen atoms in total. The topological polar surface area (TPSA) is 54.3 Å². The van der Waals surface area contributed by atoms with Crippen LogP contribution in [0.1, 0.15) is 5.56 Å². The van der Waals surface area contributed by atoms with Crippen LogP contribution in [-0.2, 0) is 4.79 Å². The first-order valence-electron chi connectivity index (χ1n) is 6.46. The van der Waals surface area contributed by atoms with Gasteiger partial charge in [-0.15, -0.1) is 0 Å². The van der Waals surface area contributed by atoms with E-state index in [4.69, 9.17) is 16.6 Å². The van der Waals surface area contributed by atoms with Crippen LogP contribution < -0.4 is 10.6 Å². The van der Waals surface area contributed by atoms with Gasteiger partial charge in [-0.2, -0.15) is 0 Å². The molecular weight excluding hydrogens is 284 g/mol. The monoisotopic (exact) mass is 294 g/mol. The highest BCUT2D eigenvalue weighted by Crippen LogP contribution is 2.29. The van der Waals surface area contributed by atoms with Gasteiger partial charge in [-0.1, -0.05) is 24.3 Å². The molecule has 1 saturated heterocycles. The molecule has 0 bridgehead atoms. The number of fused-ring (bicyclic) bond motifs is 3. The van der Waals surface area contributed by atoms with Gasteiger partial charge < -0.3 is 9.73 Å². The highest BCUT2D eigenvalue weighted by molar-refractivity contribution is 7.80. The second kappa shape index (κ2) is 4.43. The summed E-state index contributed by atoms with van der Waals surface area (Å²) < 4.78 is 5.78. The van der Waals surface area contributed by atoms with Gasteiger partial charge in [-0.25, -0.2) is 0 Å². The zero-order valence-corrected chi connectivity index (χ0v) is 11.7. The van der Waals surface area contributed by atoms with Crippen molar-refractivity contribution in [3.8, 4) is 0 Å². The summed E-state index contributed by atoms with van der Waals surface area (Å²) in [6.45, 7) is 0. The van der Waals surface area contributed by atoms with Crippen molar-refractivity contribution in [3.63, 3.8) is 0 Å². The van der Waals surface area contributed by atoms with E-state index in [0.717, 1.165) is 27.5 Å². The Kier molecular flexibility index (Phi) is 2.55. The number of para-hydroxylation sites is 1. The number of carbonyl (C=O) groups is 1. The lowest BCUT2D eigenvalue weighted by molar-refractivity contribution is -0.115. The van der Waals surface area contributed by atoms with E-state index in [-0.39, 0.29) is 5.91 Å². The summed E-state index contributed by atoms with van der Waals surface area (Å²) in [6.07, 6.45) is 1.77. The third-order valence-electron chi connectivity index (χ3n) is 3.43. The molecule has 1 fully saturated rings. The fraction of sp³-hybridized carbons (Fsp3) is 0. The van der Waals surface area contributed by atoms with E-state index in [1.165, 1.54) is 0 Å². The van der Waals surface area contributed by atoms with Crippen LogP contribution in [0.25, 0.3) is 28.0 Å². The highest BCUT2D eigenvalue weighted by Gasteiger charge is 2.19. The van der Waals surface area contributed by atoms with Crippen molar-refractivity contribution in [3.05, 3.63) is 53.7 Å². The lowest BCUT2D eigenvalue weighted by atomic mass is 10.1. The number of thiocarbonyl (C=S) groups is 1. The van der Waals surface area contributed by atoms with Gasteiger partial charge in [0.15, 0.2) is 5.11 Å².